The minimum Gasteiger partial charge on any atom is -0.497 e. The van der Waals surface area contributed by atoms with Crippen LogP contribution >= 0.6 is 11.3 Å². The fraction of sp³-hybridized carbons (Fsp3) is 0.261. The molecule has 2 heterocycles. The molecule has 0 radical (unpaired) electrons. The number of carbonyl (C=O) groups is 2. The van der Waals surface area contributed by atoms with Crippen molar-refractivity contribution in [3.8, 4) is 16.3 Å². The van der Waals surface area contributed by atoms with E-state index in [1.807, 2.05) is 52.7 Å². The lowest BCUT2D eigenvalue weighted by Gasteiger charge is -2.32. The number of hydrogen-bond donors (Lipinski definition) is 1. The second-order valence-corrected chi connectivity index (χ2v) is 8.03. The highest BCUT2D eigenvalue weighted by molar-refractivity contribution is 7.13. The molecule has 3 aromatic rings. The topological polar surface area (TPSA) is 71.5 Å². The molecule has 0 spiro atoms. The quantitative estimate of drug-likeness (QED) is 0.679. The molecule has 4 rings (SSSR count). The number of aromatic nitrogens is 1. The lowest BCUT2D eigenvalue weighted by Crippen LogP contribution is -2.46. The largest absolute Gasteiger partial charge is 0.497 e. The molecule has 6 nitrogen and oxygen atoms in total. The van der Waals surface area contributed by atoms with Crippen LogP contribution in [0.5, 0.6) is 5.75 Å². The van der Waals surface area contributed by atoms with Crippen molar-refractivity contribution in [1.82, 2.24) is 15.2 Å². The molecule has 30 heavy (non-hydrogen) atoms. The highest BCUT2D eigenvalue weighted by Crippen LogP contribution is 2.26. The zero-order valence-electron chi connectivity index (χ0n) is 16.7. The van der Waals surface area contributed by atoms with E-state index in [4.69, 9.17) is 4.74 Å². The van der Waals surface area contributed by atoms with Crippen molar-refractivity contribution in [2.45, 2.75) is 18.9 Å². The number of hydrogen-bond acceptors (Lipinski definition) is 5. The van der Waals surface area contributed by atoms with Crippen LogP contribution < -0.4 is 10.1 Å². The van der Waals surface area contributed by atoms with Crippen molar-refractivity contribution < 1.29 is 14.3 Å². The van der Waals surface area contributed by atoms with Gasteiger partial charge in [-0.2, -0.15) is 0 Å². The average molecular weight is 422 g/mol. The maximum atomic E-state index is 12.9. The average Bonchev–Trinajstić information content (AvgIpc) is 3.30. The first-order valence-corrected chi connectivity index (χ1v) is 10.8. The summed E-state index contributed by atoms with van der Waals surface area (Å²) in [4.78, 5) is 31.5. The highest BCUT2D eigenvalue weighted by atomic mass is 32.1. The van der Waals surface area contributed by atoms with Crippen LogP contribution in [-0.4, -0.2) is 47.9 Å². The summed E-state index contributed by atoms with van der Waals surface area (Å²) in [6.45, 7) is 1.21. The molecule has 0 atom stereocenters. The summed E-state index contributed by atoms with van der Waals surface area (Å²) in [5.74, 6) is 0.664. The predicted octanol–water partition coefficient (Wildman–Crippen LogP) is 3.85. The lowest BCUT2D eigenvalue weighted by atomic mass is 10.0. The molecule has 1 aliphatic heterocycles. The Kier molecular flexibility index (Phi) is 6.09. The van der Waals surface area contributed by atoms with Gasteiger partial charge in [0.1, 0.15) is 16.5 Å². The Bertz CT molecular complexity index is 1010. The Morgan fingerprint density at radius 3 is 2.43 bits per heavy atom. The van der Waals surface area contributed by atoms with Gasteiger partial charge in [-0.25, -0.2) is 4.98 Å². The smallest absolute Gasteiger partial charge is 0.273 e. The van der Waals surface area contributed by atoms with Crippen LogP contribution in [0.4, 0.5) is 0 Å². The molecular weight excluding hydrogens is 398 g/mol. The number of likely N-dealkylation sites (tertiary alicyclic amines) is 1. The maximum absolute atomic E-state index is 12.9. The van der Waals surface area contributed by atoms with Gasteiger partial charge in [0.2, 0.25) is 0 Å². The Hall–Kier alpha value is -3.19. The van der Waals surface area contributed by atoms with Crippen LogP contribution in [0.3, 0.4) is 0 Å². The Balaban J connectivity index is 1.33. The van der Waals surface area contributed by atoms with Crippen molar-refractivity contribution in [3.63, 3.8) is 0 Å². The van der Waals surface area contributed by atoms with E-state index < -0.39 is 0 Å². The molecule has 1 N–H and O–H groups in total. The summed E-state index contributed by atoms with van der Waals surface area (Å²) >= 11 is 1.46. The molecule has 0 unspecified atom stereocenters. The Morgan fingerprint density at radius 1 is 1.07 bits per heavy atom. The van der Waals surface area contributed by atoms with Gasteiger partial charge in [0.25, 0.3) is 11.8 Å². The molecule has 1 fully saturated rings. The Morgan fingerprint density at radius 2 is 1.77 bits per heavy atom. The molecular formula is C23H23N3O3S. The second kappa shape index (κ2) is 9.09. The summed E-state index contributed by atoms with van der Waals surface area (Å²) in [5, 5.41) is 5.69. The van der Waals surface area contributed by atoms with Gasteiger partial charge in [-0.3, -0.25) is 9.59 Å². The van der Waals surface area contributed by atoms with Crippen LogP contribution in [0.1, 0.15) is 33.7 Å². The number of methoxy groups -OCH3 is 1. The third kappa shape index (κ3) is 4.52. The fourth-order valence-corrected chi connectivity index (χ4v) is 4.29. The number of nitrogens with zero attached hydrogens (tertiary/aromatic N) is 2. The van der Waals surface area contributed by atoms with Crippen LogP contribution in [0.2, 0.25) is 0 Å². The SMILES string of the molecule is COc1ccc(-c2nc(C(=O)N3CCC(NC(=O)c4ccccc4)CC3)cs2)cc1. The van der Waals surface area contributed by atoms with E-state index >= 15 is 0 Å². The summed E-state index contributed by atoms with van der Waals surface area (Å²) in [6.07, 6.45) is 1.47. The van der Waals surface area contributed by atoms with Gasteiger partial charge in [-0.05, 0) is 49.2 Å². The van der Waals surface area contributed by atoms with E-state index in [-0.39, 0.29) is 17.9 Å². The van der Waals surface area contributed by atoms with Gasteiger partial charge in [-0.15, -0.1) is 11.3 Å². The van der Waals surface area contributed by atoms with E-state index in [1.165, 1.54) is 11.3 Å². The van der Waals surface area contributed by atoms with Crippen LogP contribution in [0.15, 0.2) is 60.0 Å². The summed E-state index contributed by atoms with van der Waals surface area (Å²) in [7, 11) is 1.63. The third-order valence-electron chi connectivity index (χ3n) is 5.21. The highest BCUT2D eigenvalue weighted by Gasteiger charge is 2.26. The van der Waals surface area contributed by atoms with Gasteiger partial charge in [0.05, 0.1) is 7.11 Å². The first kappa shape index (κ1) is 20.1. The fourth-order valence-electron chi connectivity index (χ4n) is 3.49. The van der Waals surface area contributed by atoms with Crippen molar-refractivity contribution >= 4 is 23.2 Å². The molecule has 0 bridgehead atoms. The van der Waals surface area contributed by atoms with Crippen molar-refractivity contribution in [1.29, 1.82) is 0 Å². The normalized spacial score (nSPS) is 14.4. The molecule has 1 aromatic heterocycles. The molecule has 0 aliphatic carbocycles. The molecule has 2 amide bonds. The van der Waals surface area contributed by atoms with Gasteiger partial charge in [0.15, 0.2) is 0 Å². The van der Waals surface area contributed by atoms with E-state index in [2.05, 4.69) is 10.3 Å². The zero-order valence-corrected chi connectivity index (χ0v) is 17.5. The minimum absolute atomic E-state index is 0.0566. The third-order valence-corrected chi connectivity index (χ3v) is 6.10. The van der Waals surface area contributed by atoms with E-state index in [0.717, 1.165) is 29.2 Å². The van der Waals surface area contributed by atoms with Gasteiger partial charge < -0.3 is 15.0 Å². The number of ether oxygens (including phenoxy) is 1. The lowest BCUT2D eigenvalue weighted by molar-refractivity contribution is 0.0693. The second-order valence-electron chi connectivity index (χ2n) is 7.17. The van der Waals surface area contributed by atoms with Gasteiger partial charge in [-0.1, -0.05) is 18.2 Å². The van der Waals surface area contributed by atoms with Crippen LogP contribution in [0.25, 0.3) is 10.6 Å². The van der Waals surface area contributed by atoms with E-state index in [0.29, 0.717) is 24.3 Å². The van der Waals surface area contributed by atoms with Crippen molar-refractivity contribution in [2.75, 3.05) is 20.2 Å². The number of thiazole rings is 1. The first-order valence-electron chi connectivity index (χ1n) is 9.89. The van der Waals surface area contributed by atoms with E-state index in [9.17, 15) is 9.59 Å². The predicted molar refractivity (Wildman–Crippen MR) is 117 cm³/mol. The molecule has 1 aliphatic rings. The van der Waals surface area contributed by atoms with Crippen molar-refractivity contribution in [3.05, 3.63) is 71.2 Å². The van der Waals surface area contributed by atoms with Crippen LogP contribution in [-0.2, 0) is 0 Å². The summed E-state index contributed by atoms with van der Waals surface area (Å²) in [6, 6.07) is 16.9. The zero-order chi connectivity index (χ0) is 20.9. The molecule has 2 aromatic carbocycles. The van der Waals surface area contributed by atoms with Gasteiger partial charge >= 0.3 is 0 Å². The molecule has 0 saturated carbocycles. The molecule has 1 saturated heterocycles. The summed E-state index contributed by atoms with van der Waals surface area (Å²) < 4.78 is 5.18. The first-order chi connectivity index (χ1) is 14.6. The number of benzene rings is 2. The number of carbonyl (C=O) groups excluding carboxylic acids is 2. The number of nitrogens with one attached hydrogen (secondary N) is 1. The summed E-state index contributed by atoms with van der Waals surface area (Å²) in [5.41, 5.74) is 2.09. The van der Waals surface area contributed by atoms with Gasteiger partial charge in [0, 0.05) is 35.6 Å². The van der Waals surface area contributed by atoms with Crippen LogP contribution in [0, 0.1) is 0 Å². The number of amides is 2. The minimum atomic E-state index is -0.0657. The molecule has 154 valence electrons. The number of rotatable bonds is 5. The molecule has 7 heteroatoms. The Labute approximate surface area is 179 Å². The van der Waals surface area contributed by atoms with Crippen molar-refractivity contribution in [2.24, 2.45) is 0 Å². The maximum Gasteiger partial charge on any atom is 0.273 e. The monoisotopic (exact) mass is 421 g/mol. The van der Waals surface area contributed by atoms with E-state index in [1.54, 1.807) is 19.2 Å². The number of piperidine rings is 1. The standard InChI is InChI=1S/C23H23N3O3S/c1-29-19-9-7-17(8-10-19)22-25-20(15-30-22)23(28)26-13-11-18(12-14-26)24-21(27)16-5-3-2-4-6-16/h2-10,15,18H,11-14H2,1H3,(H,24,27).